The summed E-state index contributed by atoms with van der Waals surface area (Å²) in [5.74, 6) is 1.05. The third kappa shape index (κ3) is 6.13. The predicted octanol–water partition coefficient (Wildman–Crippen LogP) is 3.16. The molecule has 2 atom stereocenters. The smallest absolute Gasteiger partial charge is 0.317 e. The van der Waals surface area contributed by atoms with E-state index in [1.165, 1.54) is 38.5 Å². The van der Waals surface area contributed by atoms with Gasteiger partial charge in [-0.05, 0) is 57.2 Å². The molecule has 7 heteroatoms. The molecular formula is C25H42N6O. The summed E-state index contributed by atoms with van der Waals surface area (Å²) in [4.78, 5) is 26.8. The first-order chi connectivity index (χ1) is 15.6. The summed E-state index contributed by atoms with van der Waals surface area (Å²) < 4.78 is 0. The van der Waals surface area contributed by atoms with E-state index in [2.05, 4.69) is 44.9 Å². The van der Waals surface area contributed by atoms with E-state index >= 15 is 0 Å². The van der Waals surface area contributed by atoms with E-state index in [1.54, 1.807) is 0 Å². The number of nitrogens with one attached hydrogen (secondary N) is 1. The van der Waals surface area contributed by atoms with Gasteiger partial charge in [-0.15, -0.1) is 0 Å². The Balaban J connectivity index is 1.19. The van der Waals surface area contributed by atoms with Crippen LogP contribution in [0.4, 0.5) is 10.6 Å². The lowest BCUT2D eigenvalue weighted by molar-refractivity contribution is 0.118. The van der Waals surface area contributed by atoms with Crippen molar-refractivity contribution in [2.45, 2.75) is 71.0 Å². The molecule has 0 aliphatic carbocycles. The molecule has 3 fully saturated rings. The lowest BCUT2D eigenvalue weighted by Gasteiger charge is -2.36. The molecule has 3 aliphatic heterocycles. The average Bonchev–Trinajstić information content (AvgIpc) is 3.00. The number of carbonyl (C=O) groups excluding carboxylic acids is 1. The number of aromatic nitrogens is 1. The van der Waals surface area contributed by atoms with Crippen LogP contribution in [0.2, 0.25) is 0 Å². The van der Waals surface area contributed by atoms with Gasteiger partial charge >= 0.3 is 6.03 Å². The molecule has 0 radical (unpaired) electrons. The van der Waals surface area contributed by atoms with Gasteiger partial charge < -0.3 is 15.1 Å². The minimum Gasteiger partial charge on any atom is -0.357 e. The van der Waals surface area contributed by atoms with Crippen molar-refractivity contribution in [2.24, 2.45) is 0 Å². The molecule has 1 aromatic rings. The first-order valence-corrected chi connectivity index (χ1v) is 12.8. The van der Waals surface area contributed by atoms with E-state index < -0.39 is 0 Å². The molecule has 7 nitrogen and oxygen atoms in total. The second kappa shape index (κ2) is 11.3. The van der Waals surface area contributed by atoms with Crippen LogP contribution >= 0.6 is 0 Å². The van der Waals surface area contributed by atoms with Crippen molar-refractivity contribution >= 4 is 11.8 Å². The maximum Gasteiger partial charge on any atom is 0.317 e. The van der Waals surface area contributed by atoms with Crippen LogP contribution in [0, 0.1) is 0 Å². The Morgan fingerprint density at radius 3 is 2.34 bits per heavy atom. The molecular weight excluding hydrogens is 400 g/mol. The van der Waals surface area contributed by atoms with Gasteiger partial charge in [0.05, 0.1) is 0 Å². The standard InChI is InChI=1S/C25H42N6O/c1-21-7-8-22(2)31(21)18-15-28-13-16-30(17-14-28)25(32)27-20-23-9-10-26-24(19-23)29-11-5-3-4-6-12-29/h9-10,19,21-22H,3-8,11-18,20H2,1-2H3,(H,27,32). The molecule has 1 N–H and O–H groups in total. The number of anilines is 1. The minimum absolute atomic E-state index is 0.0552. The maximum atomic E-state index is 12.7. The van der Waals surface area contributed by atoms with Crippen LogP contribution in [0.25, 0.3) is 0 Å². The molecule has 178 valence electrons. The van der Waals surface area contributed by atoms with Gasteiger partial charge in [0.2, 0.25) is 0 Å². The molecule has 2 unspecified atom stereocenters. The highest BCUT2D eigenvalue weighted by Gasteiger charge is 2.28. The zero-order chi connectivity index (χ0) is 22.3. The van der Waals surface area contributed by atoms with E-state index in [1.807, 2.05) is 17.2 Å². The Labute approximate surface area is 194 Å². The number of carbonyl (C=O) groups is 1. The highest BCUT2D eigenvalue weighted by Crippen LogP contribution is 2.23. The Bertz CT molecular complexity index is 717. The zero-order valence-corrected chi connectivity index (χ0v) is 20.1. The zero-order valence-electron chi connectivity index (χ0n) is 20.1. The molecule has 2 amide bonds. The number of hydrogen-bond acceptors (Lipinski definition) is 5. The van der Waals surface area contributed by atoms with E-state index in [9.17, 15) is 4.79 Å². The molecule has 4 rings (SSSR count). The van der Waals surface area contributed by atoms with Gasteiger partial charge in [0, 0.05) is 77.2 Å². The van der Waals surface area contributed by atoms with Crippen LogP contribution < -0.4 is 10.2 Å². The van der Waals surface area contributed by atoms with Crippen molar-refractivity contribution in [3.8, 4) is 0 Å². The minimum atomic E-state index is 0.0552. The number of urea groups is 1. The Morgan fingerprint density at radius 1 is 0.969 bits per heavy atom. The van der Waals surface area contributed by atoms with Crippen molar-refractivity contribution < 1.29 is 4.79 Å². The summed E-state index contributed by atoms with van der Waals surface area (Å²) in [6, 6.07) is 5.64. The van der Waals surface area contributed by atoms with Crippen molar-refractivity contribution in [2.75, 3.05) is 57.3 Å². The van der Waals surface area contributed by atoms with Gasteiger partial charge in [-0.25, -0.2) is 9.78 Å². The van der Waals surface area contributed by atoms with Crippen LogP contribution in [-0.2, 0) is 6.54 Å². The fourth-order valence-corrected chi connectivity index (χ4v) is 5.45. The van der Waals surface area contributed by atoms with Gasteiger partial charge in [-0.3, -0.25) is 9.80 Å². The Hall–Kier alpha value is -1.86. The Morgan fingerprint density at radius 2 is 1.66 bits per heavy atom. The van der Waals surface area contributed by atoms with E-state index in [0.29, 0.717) is 18.6 Å². The highest BCUT2D eigenvalue weighted by molar-refractivity contribution is 5.74. The summed E-state index contributed by atoms with van der Waals surface area (Å²) in [6.45, 7) is 13.3. The molecule has 0 bridgehead atoms. The van der Waals surface area contributed by atoms with Gasteiger partial charge in [-0.1, -0.05) is 12.8 Å². The number of likely N-dealkylation sites (tertiary alicyclic amines) is 1. The van der Waals surface area contributed by atoms with Crippen molar-refractivity contribution in [1.82, 2.24) is 25.0 Å². The first kappa shape index (κ1) is 23.3. The van der Waals surface area contributed by atoms with Crippen LogP contribution in [0.15, 0.2) is 18.3 Å². The largest absolute Gasteiger partial charge is 0.357 e. The summed E-state index contributed by atoms with van der Waals surface area (Å²) >= 11 is 0. The van der Waals surface area contributed by atoms with Gasteiger partial charge in [0.15, 0.2) is 0 Å². The maximum absolute atomic E-state index is 12.7. The summed E-state index contributed by atoms with van der Waals surface area (Å²) in [7, 11) is 0. The summed E-state index contributed by atoms with van der Waals surface area (Å²) in [5.41, 5.74) is 1.13. The van der Waals surface area contributed by atoms with Gasteiger partial charge in [0.25, 0.3) is 0 Å². The van der Waals surface area contributed by atoms with Crippen LogP contribution in [0.5, 0.6) is 0 Å². The van der Waals surface area contributed by atoms with Gasteiger partial charge in [0.1, 0.15) is 5.82 Å². The average molecular weight is 443 g/mol. The lowest BCUT2D eigenvalue weighted by Crippen LogP contribution is -2.53. The lowest BCUT2D eigenvalue weighted by atomic mass is 10.2. The number of rotatable bonds is 6. The molecule has 3 aliphatic rings. The second-order valence-electron chi connectivity index (χ2n) is 9.92. The number of pyridine rings is 1. The second-order valence-corrected chi connectivity index (χ2v) is 9.92. The summed E-state index contributed by atoms with van der Waals surface area (Å²) in [6.07, 6.45) is 9.64. The number of amides is 2. The Kier molecular flexibility index (Phi) is 8.25. The number of piperazine rings is 1. The summed E-state index contributed by atoms with van der Waals surface area (Å²) in [5, 5.41) is 3.13. The molecule has 0 saturated carbocycles. The molecule has 3 saturated heterocycles. The van der Waals surface area contributed by atoms with Gasteiger partial charge in [-0.2, -0.15) is 0 Å². The molecule has 0 aromatic carbocycles. The monoisotopic (exact) mass is 442 g/mol. The number of nitrogens with zero attached hydrogens (tertiary/aromatic N) is 5. The fraction of sp³-hybridized carbons (Fsp3) is 0.760. The van der Waals surface area contributed by atoms with Crippen molar-refractivity contribution in [1.29, 1.82) is 0 Å². The quantitative estimate of drug-likeness (QED) is 0.733. The third-order valence-electron chi connectivity index (χ3n) is 7.65. The first-order valence-electron chi connectivity index (χ1n) is 12.8. The SMILES string of the molecule is CC1CCC(C)N1CCN1CCN(C(=O)NCc2ccnc(N3CCCCCC3)c2)CC1. The van der Waals surface area contributed by atoms with E-state index in [0.717, 1.165) is 63.7 Å². The van der Waals surface area contributed by atoms with E-state index in [4.69, 9.17) is 0 Å². The molecule has 4 heterocycles. The topological polar surface area (TPSA) is 55.0 Å². The van der Waals surface area contributed by atoms with Crippen LogP contribution in [-0.4, -0.2) is 90.2 Å². The normalized spacial score (nSPS) is 25.7. The molecule has 0 spiro atoms. The van der Waals surface area contributed by atoms with E-state index in [-0.39, 0.29) is 6.03 Å². The van der Waals surface area contributed by atoms with Crippen molar-refractivity contribution in [3.05, 3.63) is 23.9 Å². The predicted molar refractivity (Wildman–Crippen MR) is 130 cm³/mol. The van der Waals surface area contributed by atoms with Crippen molar-refractivity contribution in [3.63, 3.8) is 0 Å². The van der Waals surface area contributed by atoms with Crippen LogP contribution in [0.1, 0.15) is 57.9 Å². The third-order valence-corrected chi connectivity index (χ3v) is 7.65. The van der Waals surface area contributed by atoms with Crippen LogP contribution in [0.3, 0.4) is 0 Å². The highest BCUT2D eigenvalue weighted by atomic mass is 16.2. The molecule has 1 aromatic heterocycles. The fourth-order valence-electron chi connectivity index (χ4n) is 5.45. The number of hydrogen-bond donors (Lipinski definition) is 1. The molecule has 32 heavy (non-hydrogen) atoms.